The number of phenols is 2. The first-order chi connectivity index (χ1) is 44.0. The minimum atomic E-state index is -0.334. The lowest BCUT2D eigenvalue weighted by molar-refractivity contribution is 0.261. The van der Waals surface area contributed by atoms with Gasteiger partial charge in [0.1, 0.15) is 48.3 Å². The number of carbonyl (C=O) groups is 2. The third-order valence-corrected chi connectivity index (χ3v) is 15.1. The lowest BCUT2D eigenvalue weighted by Crippen LogP contribution is -2.19. The number of para-hydroxylation sites is 2. The van der Waals surface area contributed by atoms with Crippen LogP contribution in [0.4, 0.5) is 32.3 Å². The van der Waals surface area contributed by atoms with Crippen LogP contribution in [-0.4, -0.2) is 70.2 Å². The lowest BCUT2D eigenvalue weighted by Gasteiger charge is -2.19. The van der Waals surface area contributed by atoms with Gasteiger partial charge in [0.15, 0.2) is 13.2 Å². The highest BCUT2D eigenvalue weighted by Gasteiger charge is 2.23. The average Bonchev–Trinajstić information content (AvgIpc) is 0.987. The molecule has 0 saturated heterocycles. The van der Waals surface area contributed by atoms with E-state index in [1.165, 1.54) is 0 Å². The van der Waals surface area contributed by atoms with Crippen molar-refractivity contribution in [3.8, 4) is 45.3 Å². The van der Waals surface area contributed by atoms with E-state index in [4.69, 9.17) is 19.7 Å². The van der Waals surface area contributed by atoms with E-state index in [0.717, 1.165) is 65.3 Å². The Kier molecular flexibility index (Phi) is 19.1. The van der Waals surface area contributed by atoms with E-state index in [2.05, 4.69) is 31.3 Å². The van der Waals surface area contributed by atoms with Crippen molar-refractivity contribution in [2.24, 2.45) is 9.98 Å². The van der Waals surface area contributed by atoms with Gasteiger partial charge in [-0.3, -0.25) is 9.98 Å². The van der Waals surface area contributed by atoms with E-state index in [-0.39, 0.29) is 62.1 Å². The number of aliphatic imine (C=N–C) groups is 2. The largest absolute Gasteiger partial charge is 0.507 e. The number of amides is 4. The monoisotopic (exact) mass is 1190 g/mol. The topological polar surface area (TPSA) is 212 Å². The fourth-order valence-electron chi connectivity index (χ4n) is 10.6. The molecule has 448 valence electrons. The molecular formula is C76H68N6O8+2. The highest BCUT2D eigenvalue weighted by molar-refractivity contribution is 6.14. The first-order valence-corrected chi connectivity index (χ1v) is 29.6. The molecule has 12 rings (SSSR count). The van der Waals surface area contributed by atoms with Crippen molar-refractivity contribution < 1.29 is 39.5 Å². The first-order valence-electron chi connectivity index (χ1n) is 29.6. The SMILES string of the molecule is C[C@@H](C[OH2+])N=Cc1cc2ccccc2c(-c2c(OCc3cccc(NC(=O)Nc4ccccc4)c3)ccc3ccccc23)c1O.C[C@H](C[OH2+])N=Cc1cc2ccccc2c(-c2c(OCc3cccc(NC(=O)Nc4ccccc4)c3)ccc3ccccc23)c1O. The van der Waals surface area contributed by atoms with Gasteiger partial charge in [-0.1, -0.05) is 170 Å². The summed E-state index contributed by atoms with van der Waals surface area (Å²) in [4.78, 5) is 34.1. The van der Waals surface area contributed by atoms with Crippen molar-refractivity contribution in [1.82, 2.24) is 0 Å². The van der Waals surface area contributed by atoms with Crippen LogP contribution in [0.5, 0.6) is 23.0 Å². The van der Waals surface area contributed by atoms with E-state index < -0.39 is 0 Å². The Morgan fingerprint density at radius 1 is 0.400 bits per heavy atom. The fourth-order valence-corrected chi connectivity index (χ4v) is 10.6. The van der Waals surface area contributed by atoms with Gasteiger partial charge in [0, 0.05) is 68.6 Å². The predicted octanol–water partition coefficient (Wildman–Crippen LogP) is 16.2. The number of anilines is 4. The molecule has 90 heavy (non-hydrogen) atoms. The zero-order valence-electron chi connectivity index (χ0n) is 49.7. The summed E-state index contributed by atoms with van der Waals surface area (Å²) in [5.74, 6) is 1.43. The number of hydrogen-bond donors (Lipinski definition) is 6. The zero-order valence-corrected chi connectivity index (χ0v) is 49.7. The Hall–Kier alpha value is -11.3. The van der Waals surface area contributed by atoms with E-state index >= 15 is 0 Å². The molecule has 0 aliphatic heterocycles. The van der Waals surface area contributed by atoms with Gasteiger partial charge in [0.25, 0.3) is 0 Å². The smallest absolute Gasteiger partial charge is 0.323 e. The van der Waals surface area contributed by atoms with Crippen LogP contribution in [0.15, 0.2) is 253 Å². The van der Waals surface area contributed by atoms with Gasteiger partial charge >= 0.3 is 12.1 Å². The maximum atomic E-state index is 12.6. The minimum Gasteiger partial charge on any atom is -0.507 e. The van der Waals surface area contributed by atoms with Crippen molar-refractivity contribution in [1.29, 1.82) is 0 Å². The number of benzene rings is 12. The number of ether oxygens (including phenoxy) is 2. The summed E-state index contributed by atoms with van der Waals surface area (Å²) in [6.45, 7) is 4.55. The predicted molar refractivity (Wildman–Crippen MR) is 368 cm³/mol. The van der Waals surface area contributed by atoms with Crippen molar-refractivity contribution in [3.63, 3.8) is 0 Å². The van der Waals surface area contributed by atoms with Crippen LogP contribution in [0.25, 0.3) is 65.3 Å². The average molecular weight is 1190 g/mol. The Morgan fingerprint density at radius 2 is 0.733 bits per heavy atom. The number of fused-ring (bicyclic) bond motifs is 4. The Bertz CT molecular complexity index is 4300. The lowest BCUT2D eigenvalue weighted by atomic mass is 9.90. The molecular weight excluding hydrogens is 1120 g/mol. The molecule has 10 N–H and O–H groups in total. The van der Waals surface area contributed by atoms with E-state index in [1.54, 1.807) is 12.4 Å². The third kappa shape index (κ3) is 14.4. The number of carbonyl (C=O) groups excluding carboxylic acids is 2. The quantitative estimate of drug-likeness (QED) is 0.0363. The second-order valence-electron chi connectivity index (χ2n) is 21.7. The molecule has 0 aromatic heterocycles. The minimum absolute atomic E-state index is 0.103. The molecule has 0 heterocycles. The van der Waals surface area contributed by atoms with E-state index in [9.17, 15) is 19.8 Å². The Morgan fingerprint density at radius 3 is 1.12 bits per heavy atom. The standard InChI is InChI=1S/2C38H33N3O4/c2*1-25(23-42)39-22-29-21-28-12-6-8-17-33(28)36(37(29)43)35-32-16-7-5-11-27(32)18-19-34(35)45-24-26-10-9-15-31(20-26)41-38(44)40-30-13-3-2-4-14-30/h2*2-22,25,42-43H,23-24H2,1H3,(H2,40,41,44)/p+2/t2*25-/m10/s1. The summed E-state index contributed by atoms with van der Waals surface area (Å²) in [5.41, 5.74) is 8.46. The third-order valence-electron chi connectivity index (χ3n) is 15.1. The van der Waals surface area contributed by atoms with Crippen LogP contribution in [0.3, 0.4) is 0 Å². The number of nitrogens with zero attached hydrogens (tertiary/aromatic N) is 2. The molecule has 0 spiro atoms. The zero-order chi connectivity index (χ0) is 62.3. The van der Waals surface area contributed by atoms with Gasteiger partial charge in [0.05, 0.1) is 0 Å². The van der Waals surface area contributed by atoms with Crippen molar-refractivity contribution in [3.05, 3.63) is 265 Å². The molecule has 0 bridgehead atoms. The highest BCUT2D eigenvalue weighted by atomic mass is 16.5. The number of rotatable bonds is 18. The van der Waals surface area contributed by atoms with Crippen molar-refractivity contribution in [2.75, 3.05) is 34.5 Å². The molecule has 0 radical (unpaired) electrons. The van der Waals surface area contributed by atoms with Crippen LogP contribution in [0, 0.1) is 0 Å². The van der Waals surface area contributed by atoms with Crippen molar-refractivity contribution in [2.45, 2.75) is 39.1 Å². The van der Waals surface area contributed by atoms with Crippen LogP contribution in [0.1, 0.15) is 36.1 Å². The number of phenolic OH excluding ortho intramolecular Hbond substituents is 2. The number of urea groups is 2. The second-order valence-corrected chi connectivity index (χ2v) is 21.7. The molecule has 0 saturated carbocycles. The second kappa shape index (κ2) is 28.5. The van der Waals surface area contributed by atoms with Gasteiger partial charge in [-0.25, -0.2) is 9.59 Å². The molecule has 0 unspecified atom stereocenters. The molecule has 12 aromatic rings. The Balaban J connectivity index is 0.000000185. The molecule has 0 fully saturated rings. The molecule has 14 nitrogen and oxygen atoms in total. The first kappa shape index (κ1) is 60.4. The van der Waals surface area contributed by atoms with Gasteiger partial charge in [0.2, 0.25) is 0 Å². The summed E-state index contributed by atoms with van der Waals surface area (Å²) in [6, 6.07) is 76.2. The number of hydrogen-bond acceptors (Lipinski definition) is 8. The van der Waals surface area contributed by atoms with Crippen LogP contribution in [-0.2, 0) is 13.2 Å². The van der Waals surface area contributed by atoms with Gasteiger partial charge in [-0.2, -0.15) is 0 Å². The van der Waals surface area contributed by atoms with E-state index in [0.29, 0.717) is 56.5 Å². The highest BCUT2D eigenvalue weighted by Crippen LogP contribution is 2.48. The number of aromatic hydroxyl groups is 2. The van der Waals surface area contributed by atoms with E-state index in [1.807, 2.05) is 257 Å². The maximum absolute atomic E-state index is 12.6. The number of nitrogens with one attached hydrogen (secondary N) is 4. The summed E-state index contributed by atoms with van der Waals surface area (Å²) in [6.07, 6.45) is 3.31. The van der Waals surface area contributed by atoms with Crippen molar-refractivity contribution >= 4 is 90.3 Å². The summed E-state index contributed by atoms with van der Waals surface area (Å²) >= 11 is 0. The maximum Gasteiger partial charge on any atom is 0.323 e. The molecule has 2 atom stereocenters. The normalized spacial score (nSPS) is 12.0. The van der Waals surface area contributed by atoms with Gasteiger partial charge in [-0.05, 0) is 141 Å². The fraction of sp³-hybridized carbons (Fsp3) is 0.105. The van der Waals surface area contributed by atoms with Crippen LogP contribution in [0.2, 0.25) is 0 Å². The summed E-state index contributed by atoms with van der Waals surface area (Å²) in [7, 11) is 0. The Labute approximate surface area is 521 Å². The molecule has 12 aromatic carbocycles. The molecule has 14 heteroatoms. The summed E-state index contributed by atoms with van der Waals surface area (Å²) < 4.78 is 13.0. The van der Waals surface area contributed by atoms with Gasteiger partial charge < -0.3 is 51.2 Å². The van der Waals surface area contributed by atoms with Gasteiger partial charge in [-0.15, -0.1) is 0 Å². The molecule has 0 aliphatic carbocycles. The van der Waals surface area contributed by atoms with Crippen LogP contribution >= 0.6 is 0 Å². The van der Waals surface area contributed by atoms with Crippen LogP contribution < -0.4 is 30.7 Å². The summed E-state index contributed by atoms with van der Waals surface area (Å²) in [5, 5.41) is 57.9. The molecule has 4 amide bonds. The molecule has 0 aliphatic rings.